The summed E-state index contributed by atoms with van der Waals surface area (Å²) < 4.78 is 7.17. The maximum Gasteiger partial charge on any atom is 0.276 e. The number of rotatable bonds is 4. The maximum atomic E-state index is 12.2. The minimum Gasteiger partial charge on any atom is -0.394 e. The summed E-state index contributed by atoms with van der Waals surface area (Å²) in [5.41, 5.74) is 0.176. The number of carbonyl (C=O) groups excluding carboxylic acids is 2. The van der Waals surface area contributed by atoms with Crippen molar-refractivity contribution < 1.29 is 24.5 Å². The maximum absolute atomic E-state index is 12.2. The first-order valence-corrected chi connectivity index (χ1v) is 7.79. The number of ether oxygens (including phenoxy) is 1. The standard InChI is InChI=1S/C14H21N5O5/c1-6(2)12(22)17-14-16-11-10(13(23)18-14)15-5-19(11)9-3-7(21)8(4-20)24-9/h5-9,14,16,20-21H,3-4H2,1-2H3,(H,17,22)(H,18,23). The number of fused-ring (bicyclic) bond motifs is 1. The fraction of sp³-hybridized carbons (Fsp3) is 0.643. The number of nitrogens with one attached hydrogen (secondary N) is 3. The predicted molar refractivity (Wildman–Crippen MR) is 81.7 cm³/mol. The molecule has 2 amide bonds. The van der Waals surface area contributed by atoms with Gasteiger partial charge in [-0.2, -0.15) is 0 Å². The first-order valence-electron chi connectivity index (χ1n) is 7.79. The van der Waals surface area contributed by atoms with E-state index in [4.69, 9.17) is 4.74 Å². The monoisotopic (exact) mass is 339 g/mol. The van der Waals surface area contributed by atoms with Gasteiger partial charge in [0.2, 0.25) is 5.91 Å². The van der Waals surface area contributed by atoms with E-state index in [2.05, 4.69) is 20.9 Å². The molecular formula is C14H21N5O5. The van der Waals surface area contributed by atoms with Crippen molar-refractivity contribution in [2.75, 3.05) is 11.9 Å². The van der Waals surface area contributed by atoms with Gasteiger partial charge in [-0.15, -0.1) is 0 Å². The molecule has 1 aromatic heterocycles. The Morgan fingerprint density at radius 1 is 1.54 bits per heavy atom. The Morgan fingerprint density at radius 2 is 2.29 bits per heavy atom. The lowest BCUT2D eigenvalue weighted by Crippen LogP contribution is -2.56. The molecular weight excluding hydrogens is 318 g/mol. The molecule has 0 aliphatic carbocycles. The van der Waals surface area contributed by atoms with Gasteiger partial charge in [-0.1, -0.05) is 13.8 Å². The van der Waals surface area contributed by atoms with Gasteiger partial charge >= 0.3 is 0 Å². The van der Waals surface area contributed by atoms with Crippen molar-refractivity contribution in [1.82, 2.24) is 20.2 Å². The van der Waals surface area contributed by atoms with Gasteiger partial charge in [0.1, 0.15) is 18.1 Å². The van der Waals surface area contributed by atoms with Crippen molar-refractivity contribution >= 4 is 17.6 Å². The van der Waals surface area contributed by atoms with Gasteiger partial charge in [-0.05, 0) is 0 Å². The Morgan fingerprint density at radius 3 is 2.92 bits per heavy atom. The molecule has 0 radical (unpaired) electrons. The quantitative estimate of drug-likeness (QED) is 0.461. The summed E-state index contributed by atoms with van der Waals surface area (Å²) in [4.78, 5) is 28.0. The Kier molecular flexibility index (Phi) is 4.43. The molecule has 1 fully saturated rings. The molecule has 0 spiro atoms. The molecule has 10 heteroatoms. The lowest BCUT2D eigenvalue weighted by atomic mass is 10.2. The van der Waals surface area contributed by atoms with Gasteiger partial charge in [0.25, 0.3) is 5.91 Å². The number of imidazole rings is 1. The summed E-state index contributed by atoms with van der Waals surface area (Å²) in [6.45, 7) is 3.20. The average molecular weight is 339 g/mol. The molecule has 5 N–H and O–H groups in total. The second kappa shape index (κ2) is 6.38. The zero-order valence-corrected chi connectivity index (χ0v) is 13.4. The molecule has 1 aromatic rings. The van der Waals surface area contributed by atoms with Crippen LogP contribution in [-0.2, 0) is 9.53 Å². The molecule has 0 saturated carbocycles. The number of aromatic nitrogens is 2. The number of aliphatic hydroxyl groups is 2. The van der Waals surface area contributed by atoms with Crippen molar-refractivity contribution in [3.05, 3.63) is 12.0 Å². The average Bonchev–Trinajstić information content (AvgIpc) is 3.10. The minimum atomic E-state index is -0.799. The van der Waals surface area contributed by atoms with E-state index in [-0.39, 0.29) is 30.5 Å². The van der Waals surface area contributed by atoms with E-state index in [0.717, 1.165) is 0 Å². The molecule has 4 unspecified atom stereocenters. The third-order valence-corrected chi connectivity index (χ3v) is 4.07. The molecule has 1 saturated heterocycles. The van der Waals surface area contributed by atoms with E-state index in [1.165, 1.54) is 6.33 Å². The largest absolute Gasteiger partial charge is 0.394 e. The van der Waals surface area contributed by atoms with Crippen LogP contribution in [0.25, 0.3) is 0 Å². The normalized spacial score (nSPS) is 29.1. The molecule has 2 aliphatic rings. The van der Waals surface area contributed by atoms with Gasteiger partial charge in [0.15, 0.2) is 12.0 Å². The van der Waals surface area contributed by atoms with Crippen LogP contribution < -0.4 is 16.0 Å². The third kappa shape index (κ3) is 2.95. The SMILES string of the molecule is CC(C)C(=O)NC1NC(=O)c2ncn(C3CC(O)C(CO)O3)c2N1. The van der Waals surface area contributed by atoms with Crippen LogP contribution in [0.15, 0.2) is 6.33 Å². The highest BCUT2D eigenvalue weighted by Crippen LogP contribution is 2.33. The van der Waals surface area contributed by atoms with Gasteiger partial charge in [0, 0.05) is 12.3 Å². The number of hydrogen-bond acceptors (Lipinski definition) is 7. The second-order valence-corrected chi connectivity index (χ2v) is 6.18. The number of carbonyl (C=O) groups is 2. The minimum absolute atomic E-state index is 0.176. The third-order valence-electron chi connectivity index (χ3n) is 4.07. The van der Waals surface area contributed by atoms with Gasteiger partial charge in [-0.25, -0.2) is 4.98 Å². The topological polar surface area (TPSA) is 138 Å². The molecule has 132 valence electrons. The zero-order chi connectivity index (χ0) is 17.4. The molecule has 24 heavy (non-hydrogen) atoms. The van der Waals surface area contributed by atoms with E-state index >= 15 is 0 Å². The summed E-state index contributed by atoms with van der Waals surface area (Å²) in [5, 5.41) is 27.3. The number of anilines is 1. The van der Waals surface area contributed by atoms with Gasteiger partial charge in [0.05, 0.1) is 19.0 Å². The lowest BCUT2D eigenvalue weighted by molar-refractivity contribution is -0.124. The summed E-state index contributed by atoms with van der Waals surface area (Å²) in [7, 11) is 0. The zero-order valence-electron chi connectivity index (χ0n) is 13.4. The fourth-order valence-electron chi connectivity index (χ4n) is 2.69. The summed E-state index contributed by atoms with van der Waals surface area (Å²) in [5.74, 6) is -0.471. The van der Waals surface area contributed by atoms with Crippen molar-refractivity contribution in [1.29, 1.82) is 0 Å². The van der Waals surface area contributed by atoms with Crippen LogP contribution in [0.3, 0.4) is 0 Å². The molecule has 2 aliphatic heterocycles. The van der Waals surface area contributed by atoms with E-state index in [1.807, 2.05) is 0 Å². The molecule has 3 rings (SSSR count). The molecule has 4 atom stereocenters. The predicted octanol–water partition coefficient (Wildman–Crippen LogP) is -1.27. The van der Waals surface area contributed by atoms with Crippen LogP contribution in [0.2, 0.25) is 0 Å². The van der Waals surface area contributed by atoms with Crippen molar-refractivity contribution in [3.63, 3.8) is 0 Å². The van der Waals surface area contributed by atoms with E-state index in [9.17, 15) is 19.8 Å². The highest BCUT2D eigenvalue weighted by Gasteiger charge is 2.38. The van der Waals surface area contributed by atoms with E-state index < -0.39 is 30.6 Å². The van der Waals surface area contributed by atoms with Crippen molar-refractivity contribution in [2.45, 2.75) is 45.0 Å². The van der Waals surface area contributed by atoms with Crippen LogP contribution in [0.1, 0.15) is 37.0 Å². The summed E-state index contributed by atoms with van der Waals surface area (Å²) in [6, 6.07) is 0. The summed E-state index contributed by atoms with van der Waals surface area (Å²) >= 11 is 0. The molecule has 0 aromatic carbocycles. The Bertz CT molecular complexity index is 645. The van der Waals surface area contributed by atoms with E-state index in [1.54, 1.807) is 18.4 Å². The number of hydrogen-bond donors (Lipinski definition) is 5. The lowest BCUT2D eigenvalue weighted by Gasteiger charge is -2.28. The van der Waals surface area contributed by atoms with Gasteiger partial charge in [-0.3, -0.25) is 14.2 Å². The molecule has 10 nitrogen and oxygen atoms in total. The molecule has 3 heterocycles. The Labute approximate surface area is 138 Å². The van der Waals surface area contributed by atoms with Crippen LogP contribution in [0, 0.1) is 5.92 Å². The first kappa shape index (κ1) is 16.7. The van der Waals surface area contributed by atoms with Crippen LogP contribution >= 0.6 is 0 Å². The van der Waals surface area contributed by atoms with Crippen LogP contribution in [0.4, 0.5) is 5.82 Å². The first-order chi connectivity index (χ1) is 11.4. The van der Waals surface area contributed by atoms with Crippen LogP contribution in [-0.4, -0.2) is 56.7 Å². The second-order valence-electron chi connectivity index (χ2n) is 6.18. The van der Waals surface area contributed by atoms with Crippen LogP contribution in [0.5, 0.6) is 0 Å². The Balaban J connectivity index is 1.80. The number of nitrogens with zero attached hydrogens (tertiary/aromatic N) is 2. The summed E-state index contributed by atoms with van der Waals surface area (Å²) in [6.07, 6.45) is -1.11. The number of aliphatic hydroxyl groups excluding tert-OH is 2. The van der Waals surface area contributed by atoms with Crippen molar-refractivity contribution in [3.8, 4) is 0 Å². The number of amides is 2. The van der Waals surface area contributed by atoms with Gasteiger partial charge < -0.3 is 30.9 Å². The Hall–Kier alpha value is -2.17. The fourth-order valence-corrected chi connectivity index (χ4v) is 2.69. The smallest absolute Gasteiger partial charge is 0.276 e. The highest BCUT2D eigenvalue weighted by molar-refractivity contribution is 5.99. The van der Waals surface area contributed by atoms with E-state index in [0.29, 0.717) is 5.82 Å². The highest BCUT2D eigenvalue weighted by atomic mass is 16.5. The molecule has 0 bridgehead atoms. The van der Waals surface area contributed by atoms with Crippen molar-refractivity contribution in [2.24, 2.45) is 5.92 Å².